The smallest absolute Gasteiger partial charge is 0.314 e. The first-order valence-electron chi connectivity index (χ1n) is 12.8. The first kappa shape index (κ1) is 21.4. The van der Waals surface area contributed by atoms with Crippen molar-refractivity contribution < 1.29 is 24.2 Å². The predicted molar refractivity (Wildman–Crippen MR) is 121 cm³/mol. The summed E-state index contributed by atoms with van der Waals surface area (Å²) >= 11 is 0. The molecule has 176 valence electrons. The van der Waals surface area contributed by atoms with Crippen LogP contribution in [-0.4, -0.2) is 29.8 Å². The largest absolute Gasteiger partial charge is 0.493 e. The fourth-order valence-electron chi connectivity index (χ4n) is 9.91. The third-order valence-electron chi connectivity index (χ3n) is 11.0. The molecule has 4 fully saturated rings. The molecule has 1 N–H and O–H groups in total. The van der Waals surface area contributed by atoms with Crippen LogP contribution in [0.5, 0.6) is 0 Å². The summed E-state index contributed by atoms with van der Waals surface area (Å²) in [7, 11) is 1.71. The SMILES string of the molecule is COC1=C=CC2C(=CCC3C2CC[C@@]2(C)C3CC[C@@H]2C23CC(=O)CC2CC(=O)C3C(=O)O)C1. The van der Waals surface area contributed by atoms with E-state index in [1.54, 1.807) is 7.11 Å². The number of hydrogen-bond acceptors (Lipinski definition) is 4. The van der Waals surface area contributed by atoms with Gasteiger partial charge in [-0.1, -0.05) is 24.3 Å². The minimum Gasteiger partial charge on any atom is -0.493 e. The van der Waals surface area contributed by atoms with Crippen molar-refractivity contribution >= 4 is 17.5 Å². The van der Waals surface area contributed by atoms with Crippen LogP contribution in [0.1, 0.15) is 64.7 Å². The van der Waals surface area contributed by atoms with E-state index >= 15 is 0 Å². The number of carbonyl (C=O) groups excluding carboxylic acids is 2. The van der Waals surface area contributed by atoms with Crippen molar-refractivity contribution in [1.29, 1.82) is 0 Å². The maximum atomic E-state index is 12.9. The van der Waals surface area contributed by atoms with Crippen LogP contribution in [0, 0.1) is 52.3 Å². The zero-order valence-electron chi connectivity index (χ0n) is 19.6. The summed E-state index contributed by atoms with van der Waals surface area (Å²) in [6.07, 6.45) is 11.8. The lowest BCUT2D eigenvalue weighted by Crippen LogP contribution is -2.51. The van der Waals surface area contributed by atoms with Gasteiger partial charge in [0.25, 0.3) is 0 Å². The molecule has 33 heavy (non-hydrogen) atoms. The number of methoxy groups -OCH3 is 1. The van der Waals surface area contributed by atoms with Crippen LogP contribution in [0.15, 0.2) is 29.2 Å². The Labute approximate surface area is 195 Å². The molecule has 0 bridgehead atoms. The van der Waals surface area contributed by atoms with Gasteiger partial charge in [0.1, 0.15) is 23.2 Å². The second-order valence-corrected chi connectivity index (χ2v) is 11.9. The highest BCUT2D eigenvalue weighted by Gasteiger charge is 2.70. The Bertz CT molecular complexity index is 1030. The van der Waals surface area contributed by atoms with Crippen LogP contribution in [0.4, 0.5) is 0 Å². The minimum absolute atomic E-state index is 0.000387. The van der Waals surface area contributed by atoms with Crippen molar-refractivity contribution in [2.24, 2.45) is 52.3 Å². The van der Waals surface area contributed by atoms with Crippen LogP contribution in [0.25, 0.3) is 0 Å². The molecule has 0 heterocycles. The van der Waals surface area contributed by atoms with Crippen molar-refractivity contribution in [1.82, 2.24) is 0 Å². The molecule has 0 aromatic rings. The van der Waals surface area contributed by atoms with Gasteiger partial charge in [0.15, 0.2) is 0 Å². The number of ketones is 2. The molecule has 6 aliphatic rings. The summed E-state index contributed by atoms with van der Waals surface area (Å²) in [5.41, 5.74) is 4.18. The quantitative estimate of drug-likeness (QED) is 0.382. The number of carbonyl (C=O) groups is 3. The molecule has 9 atom stereocenters. The molecule has 0 aliphatic heterocycles. The summed E-state index contributed by atoms with van der Waals surface area (Å²) in [5.74, 6) is 1.15. The molecule has 6 rings (SSSR count). The van der Waals surface area contributed by atoms with Crippen molar-refractivity contribution in [2.45, 2.75) is 64.7 Å². The molecule has 5 nitrogen and oxygen atoms in total. The van der Waals surface area contributed by atoms with Gasteiger partial charge < -0.3 is 9.84 Å². The van der Waals surface area contributed by atoms with E-state index in [-0.39, 0.29) is 35.2 Å². The van der Waals surface area contributed by atoms with E-state index in [1.165, 1.54) is 5.57 Å². The molecule has 0 radical (unpaired) electrons. The van der Waals surface area contributed by atoms with Gasteiger partial charge >= 0.3 is 5.97 Å². The van der Waals surface area contributed by atoms with Gasteiger partial charge in [-0.15, -0.1) is 0 Å². The highest BCUT2D eigenvalue weighted by molar-refractivity contribution is 6.03. The summed E-state index contributed by atoms with van der Waals surface area (Å²) in [6.45, 7) is 2.38. The van der Waals surface area contributed by atoms with Gasteiger partial charge in [0, 0.05) is 37.0 Å². The average molecular weight is 451 g/mol. The molecule has 0 aromatic heterocycles. The van der Waals surface area contributed by atoms with E-state index in [9.17, 15) is 19.5 Å². The maximum Gasteiger partial charge on any atom is 0.314 e. The monoisotopic (exact) mass is 450 g/mol. The second-order valence-electron chi connectivity index (χ2n) is 11.9. The van der Waals surface area contributed by atoms with Crippen molar-refractivity contribution in [3.05, 3.63) is 29.2 Å². The Morgan fingerprint density at radius 3 is 2.76 bits per heavy atom. The molecule has 0 amide bonds. The first-order chi connectivity index (χ1) is 15.8. The van der Waals surface area contributed by atoms with Gasteiger partial charge in [-0.2, -0.15) is 0 Å². The molecule has 0 spiro atoms. The van der Waals surface area contributed by atoms with Gasteiger partial charge in [0.05, 0.1) is 7.11 Å². The fourth-order valence-corrected chi connectivity index (χ4v) is 9.91. The summed E-state index contributed by atoms with van der Waals surface area (Å²) in [4.78, 5) is 37.9. The summed E-state index contributed by atoms with van der Waals surface area (Å²) in [5, 5.41) is 10.1. The van der Waals surface area contributed by atoms with Gasteiger partial charge in [-0.25, -0.2) is 0 Å². The van der Waals surface area contributed by atoms with E-state index in [0.717, 1.165) is 44.3 Å². The molecule has 6 aliphatic carbocycles. The zero-order chi connectivity index (χ0) is 23.1. The van der Waals surface area contributed by atoms with Crippen molar-refractivity contribution in [3.8, 4) is 0 Å². The molecule has 0 aromatic carbocycles. The highest BCUT2D eigenvalue weighted by atomic mass is 16.5. The Hall–Kier alpha value is -2.13. The molecular weight excluding hydrogens is 416 g/mol. The molecule has 5 heteroatoms. The number of fused-ring (bicyclic) bond motifs is 6. The van der Waals surface area contributed by atoms with Gasteiger partial charge in [-0.05, 0) is 73.2 Å². The molecule has 0 saturated heterocycles. The number of ether oxygens (including phenoxy) is 1. The minimum atomic E-state index is -1.00. The van der Waals surface area contributed by atoms with Gasteiger partial charge in [0.2, 0.25) is 0 Å². The lowest BCUT2D eigenvalue weighted by Gasteiger charge is -2.55. The van der Waals surface area contributed by atoms with Crippen molar-refractivity contribution in [3.63, 3.8) is 0 Å². The van der Waals surface area contributed by atoms with Crippen LogP contribution in [-0.2, 0) is 19.1 Å². The number of Topliss-reactive ketones (excluding diaryl/α,β-unsaturated/α-hetero) is 2. The maximum absolute atomic E-state index is 12.9. The van der Waals surface area contributed by atoms with Crippen LogP contribution in [0.2, 0.25) is 0 Å². The van der Waals surface area contributed by atoms with Crippen LogP contribution >= 0.6 is 0 Å². The third kappa shape index (κ3) is 2.75. The summed E-state index contributed by atoms with van der Waals surface area (Å²) < 4.78 is 5.45. The van der Waals surface area contributed by atoms with E-state index < -0.39 is 17.3 Å². The Kier molecular flexibility index (Phi) is 4.66. The lowest BCUT2D eigenvalue weighted by molar-refractivity contribution is -0.155. The normalized spacial score (nSPS) is 47.9. The number of hydrogen-bond donors (Lipinski definition) is 1. The molecule has 7 unspecified atom stereocenters. The standard InChI is InChI=1S/C28H34O5/c1-27-10-9-20-19-6-4-18(33-2)11-15(19)3-5-21(20)22(27)7-8-24(27)28-14-17(29)12-16(28)13-23(30)25(28)26(31)32/h3,6,16,19-22,24-25H,5,7-14H2,1-2H3,(H,31,32)/t16?,19?,20?,21?,22?,24-,25?,27-,28?/m0/s1. The van der Waals surface area contributed by atoms with Gasteiger partial charge in [-0.3, -0.25) is 14.4 Å². The first-order valence-corrected chi connectivity index (χ1v) is 12.8. The Morgan fingerprint density at radius 2 is 2.00 bits per heavy atom. The fraction of sp³-hybridized carbons (Fsp3) is 0.714. The number of allylic oxidation sites excluding steroid dienone is 2. The summed E-state index contributed by atoms with van der Waals surface area (Å²) in [6, 6.07) is 0. The highest BCUT2D eigenvalue weighted by Crippen LogP contribution is 2.72. The molecular formula is C28H34O5. The Morgan fingerprint density at radius 1 is 1.18 bits per heavy atom. The van der Waals surface area contributed by atoms with Crippen LogP contribution < -0.4 is 0 Å². The van der Waals surface area contributed by atoms with E-state index in [2.05, 4.69) is 24.8 Å². The predicted octanol–water partition coefficient (Wildman–Crippen LogP) is 4.72. The topological polar surface area (TPSA) is 80.7 Å². The number of rotatable bonds is 3. The number of aliphatic carboxylic acids is 1. The van der Waals surface area contributed by atoms with E-state index in [1.807, 2.05) is 0 Å². The number of carboxylic acid groups (broad SMARTS) is 1. The van der Waals surface area contributed by atoms with E-state index in [0.29, 0.717) is 36.5 Å². The third-order valence-corrected chi connectivity index (χ3v) is 11.0. The van der Waals surface area contributed by atoms with E-state index in [4.69, 9.17) is 4.74 Å². The van der Waals surface area contributed by atoms with Crippen LogP contribution in [0.3, 0.4) is 0 Å². The Balaban J connectivity index is 1.36. The lowest BCUT2D eigenvalue weighted by atomic mass is 9.48. The number of carboxylic acids is 1. The zero-order valence-corrected chi connectivity index (χ0v) is 19.6. The van der Waals surface area contributed by atoms with Crippen molar-refractivity contribution in [2.75, 3.05) is 7.11 Å². The second kappa shape index (κ2) is 7.18. The average Bonchev–Trinajstić information content (AvgIpc) is 3.37. The molecule has 4 saturated carbocycles.